The zero-order valence-electron chi connectivity index (χ0n) is 8.73. The van der Waals surface area contributed by atoms with Gasteiger partial charge in [-0.3, -0.25) is 0 Å². The minimum absolute atomic E-state index is 0.510. The Bertz CT molecular complexity index is 525. The third kappa shape index (κ3) is 1.42. The van der Waals surface area contributed by atoms with Crippen molar-refractivity contribution in [1.82, 2.24) is 15.0 Å². The molecule has 0 aliphatic carbocycles. The van der Waals surface area contributed by atoms with Crippen LogP contribution in [0.4, 0.5) is 5.95 Å². The Morgan fingerprint density at radius 1 is 1.50 bits per heavy atom. The van der Waals surface area contributed by atoms with Crippen molar-refractivity contribution in [3.05, 3.63) is 17.4 Å². The van der Waals surface area contributed by atoms with Crippen molar-refractivity contribution in [3.8, 4) is 16.3 Å². The SMILES string of the molecule is CCNc1ncc2c(n1)-c1scnc1CO2. The normalized spacial score (nSPS) is 12.6. The van der Waals surface area contributed by atoms with Crippen molar-refractivity contribution >= 4 is 17.3 Å². The summed E-state index contributed by atoms with van der Waals surface area (Å²) in [6.45, 7) is 3.32. The van der Waals surface area contributed by atoms with Gasteiger partial charge in [-0.2, -0.15) is 0 Å². The maximum absolute atomic E-state index is 5.53. The molecule has 1 N–H and O–H groups in total. The summed E-state index contributed by atoms with van der Waals surface area (Å²) in [5.41, 5.74) is 3.62. The Hall–Kier alpha value is -1.69. The van der Waals surface area contributed by atoms with E-state index in [1.165, 1.54) is 0 Å². The molecule has 0 saturated carbocycles. The van der Waals surface area contributed by atoms with Gasteiger partial charge < -0.3 is 10.1 Å². The molecule has 0 bridgehead atoms. The van der Waals surface area contributed by atoms with Gasteiger partial charge in [0.15, 0.2) is 5.75 Å². The molecule has 6 heteroatoms. The summed E-state index contributed by atoms with van der Waals surface area (Å²) in [6.07, 6.45) is 1.71. The second-order valence-electron chi connectivity index (χ2n) is 3.35. The lowest BCUT2D eigenvalue weighted by Gasteiger charge is -2.15. The van der Waals surface area contributed by atoms with E-state index >= 15 is 0 Å². The van der Waals surface area contributed by atoms with Gasteiger partial charge >= 0.3 is 0 Å². The molecule has 0 radical (unpaired) electrons. The maximum Gasteiger partial charge on any atom is 0.223 e. The van der Waals surface area contributed by atoms with E-state index in [-0.39, 0.29) is 0 Å². The average Bonchev–Trinajstić information content (AvgIpc) is 2.78. The molecule has 82 valence electrons. The number of nitrogens with zero attached hydrogens (tertiary/aromatic N) is 3. The first-order valence-electron chi connectivity index (χ1n) is 5.05. The predicted octanol–water partition coefficient (Wildman–Crippen LogP) is 1.92. The molecule has 0 saturated heterocycles. The van der Waals surface area contributed by atoms with Gasteiger partial charge in [0.25, 0.3) is 0 Å². The molecule has 0 fully saturated rings. The average molecular weight is 234 g/mol. The van der Waals surface area contributed by atoms with Crippen molar-refractivity contribution in [2.24, 2.45) is 0 Å². The van der Waals surface area contributed by atoms with Crippen molar-refractivity contribution < 1.29 is 4.74 Å². The predicted molar refractivity (Wildman–Crippen MR) is 61.6 cm³/mol. The van der Waals surface area contributed by atoms with Gasteiger partial charge in [-0.15, -0.1) is 11.3 Å². The smallest absolute Gasteiger partial charge is 0.223 e. The molecule has 1 aliphatic rings. The van der Waals surface area contributed by atoms with Crippen LogP contribution in [0.2, 0.25) is 0 Å². The van der Waals surface area contributed by atoms with Crippen LogP contribution in [0.5, 0.6) is 5.75 Å². The number of ether oxygens (including phenoxy) is 1. The summed E-state index contributed by atoms with van der Waals surface area (Å²) >= 11 is 1.59. The molecule has 0 aromatic carbocycles. The van der Waals surface area contributed by atoms with Crippen LogP contribution in [0, 0.1) is 0 Å². The maximum atomic E-state index is 5.53. The van der Waals surface area contributed by atoms with Crippen LogP contribution in [0.15, 0.2) is 11.7 Å². The van der Waals surface area contributed by atoms with Crippen molar-refractivity contribution in [2.75, 3.05) is 11.9 Å². The Kier molecular flexibility index (Phi) is 2.21. The summed E-state index contributed by atoms with van der Waals surface area (Å²) in [5.74, 6) is 1.37. The van der Waals surface area contributed by atoms with Crippen LogP contribution < -0.4 is 10.1 Å². The standard InChI is InChI=1S/C10H10N4OS/c1-2-11-10-12-3-7-8(14-10)9-6(4-15-7)13-5-16-9/h3,5H,2,4H2,1H3,(H,11,12,14). The van der Waals surface area contributed by atoms with Crippen molar-refractivity contribution in [2.45, 2.75) is 13.5 Å². The van der Waals surface area contributed by atoms with Gasteiger partial charge in [0.2, 0.25) is 5.95 Å². The molecule has 0 unspecified atom stereocenters. The van der Waals surface area contributed by atoms with E-state index in [0.29, 0.717) is 12.6 Å². The summed E-state index contributed by atoms with van der Waals surface area (Å²) in [5, 5.41) is 3.09. The highest BCUT2D eigenvalue weighted by molar-refractivity contribution is 7.13. The zero-order valence-corrected chi connectivity index (χ0v) is 9.54. The first-order chi connectivity index (χ1) is 7.88. The Balaban J connectivity index is 2.11. The van der Waals surface area contributed by atoms with E-state index in [1.54, 1.807) is 17.5 Å². The van der Waals surface area contributed by atoms with Gasteiger partial charge in [0, 0.05) is 6.54 Å². The molecular weight excluding hydrogens is 224 g/mol. The first kappa shape index (κ1) is 9.53. The molecule has 1 aliphatic heterocycles. The van der Waals surface area contributed by atoms with Gasteiger partial charge in [-0.05, 0) is 6.92 Å². The highest BCUT2D eigenvalue weighted by Crippen LogP contribution is 2.37. The number of rotatable bonds is 2. The van der Waals surface area contributed by atoms with E-state index in [9.17, 15) is 0 Å². The third-order valence-electron chi connectivity index (χ3n) is 2.31. The fourth-order valence-corrected chi connectivity index (χ4v) is 2.38. The largest absolute Gasteiger partial charge is 0.483 e. The molecule has 2 aromatic heterocycles. The minimum atomic E-state index is 0.510. The Morgan fingerprint density at radius 2 is 2.44 bits per heavy atom. The van der Waals surface area contributed by atoms with Crippen molar-refractivity contribution in [3.63, 3.8) is 0 Å². The molecule has 5 nitrogen and oxygen atoms in total. The Morgan fingerprint density at radius 3 is 3.31 bits per heavy atom. The van der Waals surface area contributed by atoms with Crippen molar-refractivity contribution in [1.29, 1.82) is 0 Å². The molecule has 0 atom stereocenters. The zero-order chi connectivity index (χ0) is 11.0. The number of hydrogen-bond donors (Lipinski definition) is 1. The minimum Gasteiger partial charge on any atom is -0.483 e. The number of aromatic nitrogens is 3. The Labute approximate surface area is 96.5 Å². The topological polar surface area (TPSA) is 59.9 Å². The molecule has 0 spiro atoms. The molecule has 3 heterocycles. The summed E-state index contributed by atoms with van der Waals surface area (Å²) in [4.78, 5) is 13.9. The number of anilines is 1. The van der Waals surface area contributed by atoms with Crippen LogP contribution in [0.25, 0.3) is 10.6 Å². The highest BCUT2D eigenvalue weighted by atomic mass is 32.1. The molecular formula is C10H10N4OS. The van der Waals surface area contributed by atoms with E-state index in [4.69, 9.17) is 4.74 Å². The van der Waals surface area contributed by atoms with Gasteiger partial charge in [0.05, 0.1) is 22.3 Å². The summed E-state index contributed by atoms with van der Waals surface area (Å²) in [7, 11) is 0. The van der Waals surface area contributed by atoms with Gasteiger partial charge in [0.1, 0.15) is 12.3 Å². The molecule has 3 rings (SSSR count). The van der Waals surface area contributed by atoms with Crippen LogP contribution in [0.1, 0.15) is 12.6 Å². The van der Waals surface area contributed by atoms with E-state index in [1.807, 2.05) is 12.4 Å². The van der Waals surface area contributed by atoms with Crippen LogP contribution in [0.3, 0.4) is 0 Å². The van der Waals surface area contributed by atoms with E-state index < -0.39 is 0 Å². The quantitative estimate of drug-likeness (QED) is 0.860. The lowest BCUT2D eigenvalue weighted by atomic mass is 10.2. The molecule has 0 amide bonds. The lowest BCUT2D eigenvalue weighted by molar-refractivity contribution is 0.296. The number of thiazole rings is 1. The third-order valence-corrected chi connectivity index (χ3v) is 3.19. The van der Waals surface area contributed by atoms with Crippen LogP contribution in [-0.2, 0) is 6.61 Å². The second-order valence-corrected chi connectivity index (χ2v) is 4.21. The number of nitrogens with one attached hydrogen (secondary N) is 1. The summed E-state index contributed by atoms with van der Waals surface area (Å²) < 4.78 is 5.53. The van der Waals surface area contributed by atoms with E-state index in [2.05, 4.69) is 20.3 Å². The van der Waals surface area contributed by atoms with Gasteiger partial charge in [-0.1, -0.05) is 0 Å². The monoisotopic (exact) mass is 234 g/mol. The summed E-state index contributed by atoms with van der Waals surface area (Å²) in [6, 6.07) is 0. The molecule has 2 aromatic rings. The second kappa shape index (κ2) is 3.71. The fraction of sp³-hybridized carbons (Fsp3) is 0.300. The van der Waals surface area contributed by atoms with Crippen LogP contribution in [-0.4, -0.2) is 21.5 Å². The number of hydrogen-bond acceptors (Lipinski definition) is 6. The van der Waals surface area contributed by atoms with Gasteiger partial charge in [-0.25, -0.2) is 15.0 Å². The van der Waals surface area contributed by atoms with Crippen LogP contribution >= 0.6 is 11.3 Å². The molecule has 16 heavy (non-hydrogen) atoms. The van der Waals surface area contributed by atoms with E-state index in [0.717, 1.165) is 28.6 Å². The number of fused-ring (bicyclic) bond motifs is 3. The fourth-order valence-electron chi connectivity index (χ4n) is 1.59. The lowest BCUT2D eigenvalue weighted by Crippen LogP contribution is -2.09. The highest BCUT2D eigenvalue weighted by Gasteiger charge is 2.21. The first-order valence-corrected chi connectivity index (χ1v) is 5.93.